The lowest BCUT2D eigenvalue weighted by Crippen LogP contribution is -2.50. The topological polar surface area (TPSA) is 43.6 Å². The van der Waals surface area contributed by atoms with E-state index < -0.39 is 8.07 Å². The Morgan fingerprint density at radius 1 is 0.426 bits per heavy atom. The van der Waals surface area contributed by atoms with Gasteiger partial charge in [0.1, 0.15) is 13.9 Å². The Bertz CT molecular complexity index is 2860. The third-order valence-corrected chi connectivity index (χ3v) is 14.3. The van der Waals surface area contributed by atoms with Gasteiger partial charge in [-0.1, -0.05) is 153 Å². The van der Waals surface area contributed by atoms with Crippen molar-refractivity contribution in [2.45, 2.75) is 13.1 Å². The van der Waals surface area contributed by atoms with Crippen molar-refractivity contribution < 1.29 is 0 Å². The van der Waals surface area contributed by atoms with Crippen molar-refractivity contribution in [1.29, 1.82) is 0 Å². The van der Waals surface area contributed by atoms with Crippen LogP contribution in [-0.2, 0) is 0 Å². The molecule has 5 heteroatoms. The molecule has 0 radical (unpaired) electrons. The Labute approximate surface area is 316 Å². The van der Waals surface area contributed by atoms with Gasteiger partial charge >= 0.3 is 0 Å². The molecule has 0 unspecified atom stereocenters. The molecule has 4 nitrogen and oxygen atoms in total. The third kappa shape index (κ3) is 5.32. The predicted molar refractivity (Wildman–Crippen MR) is 226 cm³/mol. The van der Waals surface area contributed by atoms with Crippen molar-refractivity contribution in [3.05, 3.63) is 182 Å². The molecule has 0 amide bonds. The highest BCUT2D eigenvalue weighted by Gasteiger charge is 2.41. The molecule has 0 spiro atoms. The largest absolute Gasteiger partial charge is 0.292 e. The first-order valence-electron chi connectivity index (χ1n) is 18.5. The normalized spacial score (nSPS) is 12.8. The molecule has 0 saturated heterocycles. The first kappa shape index (κ1) is 32.0. The summed E-state index contributed by atoms with van der Waals surface area (Å²) in [6.07, 6.45) is 0. The first-order chi connectivity index (χ1) is 26.5. The van der Waals surface area contributed by atoms with Gasteiger partial charge in [0.25, 0.3) is 0 Å². The van der Waals surface area contributed by atoms with E-state index in [0.29, 0.717) is 0 Å². The number of fused-ring (bicyclic) bond motifs is 4. The van der Waals surface area contributed by atoms with E-state index in [9.17, 15) is 0 Å². The van der Waals surface area contributed by atoms with Crippen molar-refractivity contribution in [3.8, 4) is 73.2 Å². The van der Waals surface area contributed by atoms with Crippen LogP contribution in [0.3, 0.4) is 0 Å². The van der Waals surface area contributed by atoms with E-state index >= 15 is 0 Å². The number of aromatic nitrogens is 4. The first-order valence-corrected chi connectivity index (χ1v) is 21.5. The fourth-order valence-corrected chi connectivity index (χ4v) is 11.4. The quantitative estimate of drug-likeness (QED) is 0.162. The van der Waals surface area contributed by atoms with Crippen LogP contribution in [0.2, 0.25) is 13.1 Å². The lowest BCUT2D eigenvalue weighted by Gasteiger charge is -2.21. The van der Waals surface area contributed by atoms with Crippen LogP contribution in [0.4, 0.5) is 0 Å². The zero-order valence-electron chi connectivity index (χ0n) is 30.1. The van der Waals surface area contributed by atoms with Crippen LogP contribution in [0.25, 0.3) is 84.3 Å². The highest BCUT2D eigenvalue weighted by molar-refractivity contribution is 7.04. The van der Waals surface area contributed by atoms with Crippen molar-refractivity contribution in [1.82, 2.24) is 19.5 Å². The van der Waals surface area contributed by atoms with Gasteiger partial charge in [0, 0.05) is 22.4 Å². The van der Waals surface area contributed by atoms with Crippen LogP contribution in [0, 0.1) is 0 Å². The number of hydrogen-bond donors (Lipinski definition) is 0. The monoisotopic (exact) mass is 708 g/mol. The minimum absolute atomic E-state index is 0.751. The van der Waals surface area contributed by atoms with Gasteiger partial charge in [-0.2, -0.15) is 0 Å². The molecule has 1 aliphatic rings. The fraction of sp³-hybridized carbons (Fsp3) is 0.0408. The molecule has 1 aliphatic heterocycles. The molecule has 10 rings (SSSR count). The molecule has 0 saturated carbocycles. The molecule has 3 heterocycles. The van der Waals surface area contributed by atoms with Gasteiger partial charge in [0.15, 0.2) is 5.82 Å². The summed E-state index contributed by atoms with van der Waals surface area (Å²) >= 11 is 0. The molecular weight excluding hydrogens is 673 g/mol. The zero-order valence-corrected chi connectivity index (χ0v) is 31.1. The summed E-state index contributed by atoms with van der Waals surface area (Å²) in [5.74, 6) is 1.67. The summed E-state index contributed by atoms with van der Waals surface area (Å²) in [6.45, 7) is 4.85. The number of nitrogens with zero attached hydrogens (tertiary/aromatic N) is 4. The van der Waals surface area contributed by atoms with E-state index in [1.165, 1.54) is 15.9 Å². The summed E-state index contributed by atoms with van der Waals surface area (Å²) < 4.78 is 2.25. The van der Waals surface area contributed by atoms with Gasteiger partial charge in [0.05, 0.1) is 22.4 Å². The SMILES string of the molecule is C[Si]1(C)c2ccccc2-c2nc(-c3cccc(-c4cccc(-c5cccc(-c6nc7ccccc7n6-c6ccccc6)c5)c4)c3)nc(-c3ccccc3)c21. The summed E-state index contributed by atoms with van der Waals surface area (Å²) in [4.78, 5) is 15.8. The van der Waals surface area contributed by atoms with Gasteiger partial charge in [-0.05, 0) is 80.7 Å². The average Bonchev–Trinajstić information content (AvgIpc) is 3.74. The highest BCUT2D eigenvalue weighted by Crippen LogP contribution is 2.36. The number of para-hydroxylation sites is 3. The molecule has 54 heavy (non-hydrogen) atoms. The van der Waals surface area contributed by atoms with Crippen LogP contribution in [0.5, 0.6) is 0 Å². The fourth-order valence-electron chi connectivity index (χ4n) is 8.16. The molecule has 0 bridgehead atoms. The molecule has 256 valence electrons. The molecule has 0 aliphatic carbocycles. The predicted octanol–water partition coefficient (Wildman–Crippen LogP) is 11.0. The van der Waals surface area contributed by atoms with E-state index in [1.54, 1.807) is 0 Å². The number of hydrogen-bond acceptors (Lipinski definition) is 3. The van der Waals surface area contributed by atoms with Gasteiger partial charge in [-0.25, -0.2) is 15.0 Å². The summed E-state index contributed by atoms with van der Waals surface area (Å²) in [5.41, 5.74) is 14.3. The molecule has 2 aromatic heterocycles. The molecule has 9 aromatic rings. The Balaban J connectivity index is 1.05. The maximum absolute atomic E-state index is 5.36. The summed E-state index contributed by atoms with van der Waals surface area (Å²) in [6, 6.07) is 64.4. The lowest BCUT2D eigenvalue weighted by molar-refractivity contribution is 1.10. The summed E-state index contributed by atoms with van der Waals surface area (Å²) in [5, 5.41) is 2.75. The minimum atomic E-state index is -2.02. The van der Waals surface area contributed by atoms with E-state index in [-0.39, 0.29) is 0 Å². The molecule has 7 aromatic carbocycles. The van der Waals surface area contributed by atoms with Crippen LogP contribution in [0.1, 0.15) is 0 Å². The maximum atomic E-state index is 5.36. The van der Waals surface area contributed by atoms with Crippen molar-refractivity contribution in [2.75, 3.05) is 0 Å². The second-order valence-electron chi connectivity index (χ2n) is 14.5. The van der Waals surface area contributed by atoms with Gasteiger partial charge in [-0.3, -0.25) is 4.57 Å². The van der Waals surface area contributed by atoms with Crippen LogP contribution < -0.4 is 10.4 Å². The maximum Gasteiger partial charge on any atom is 0.160 e. The lowest BCUT2D eigenvalue weighted by atomic mass is 9.97. The Morgan fingerprint density at radius 3 is 1.67 bits per heavy atom. The number of imidazole rings is 1. The minimum Gasteiger partial charge on any atom is -0.292 e. The van der Waals surface area contributed by atoms with Gasteiger partial charge in [0.2, 0.25) is 0 Å². The smallest absolute Gasteiger partial charge is 0.160 e. The number of benzene rings is 7. The van der Waals surface area contributed by atoms with Crippen LogP contribution in [-0.4, -0.2) is 27.6 Å². The summed E-state index contributed by atoms with van der Waals surface area (Å²) in [7, 11) is -2.02. The van der Waals surface area contributed by atoms with Crippen molar-refractivity contribution in [3.63, 3.8) is 0 Å². The molecule has 0 N–H and O–H groups in total. The second-order valence-corrected chi connectivity index (χ2v) is 18.8. The van der Waals surface area contributed by atoms with E-state index in [0.717, 1.165) is 78.7 Å². The second kappa shape index (κ2) is 12.8. The standard InChI is InChI=1S/C49H36N4Si/c1-54(2)44-29-12-9-26-41(44)46-47(54)45(33-16-5-3-6-17-33)51-48(52-46)38-22-14-20-36(31-38)34-18-13-19-35(30-34)37-21-15-23-39(32-37)49-50-42-27-10-11-28-43(42)53(49)40-24-7-4-8-25-40/h3-32H,1-2H3. The van der Waals surface area contributed by atoms with E-state index in [1.807, 2.05) is 12.1 Å². The van der Waals surface area contributed by atoms with Crippen LogP contribution in [0.15, 0.2) is 182 Å². The number of rotatable bonds is 6. The average molecular weight is 709 g/mol. The Kier molecular flexibility index (Phi) is 7.56. The zero-order chi connectivity index (χ0) is 36.2. The Hall–Kier alpha value is -6.69. The van der Waals surface area contributed by atoms with Crippen molar-refractivity contribution >= 4 is 29.5 Å². The molecule has 0 atom stereocenters. The van der Waals surface area contributed by atoms with Crippen molar-refractivity contribution in [2.24, 2.45) is 0 Å². The molecular formula is C49H36N4Si. The highest BCUT2D eigenvalue weighted by atomic mass is 28.3. The molecule has 0 fully saturated rings. The third-order valence-electron chi connectivity index (χ3n) is 10.8. The van der Waals surface area contributed by atoms with Gasteiger partial charge < -0.3 is 0 Å². The van der Waals surface area contributed by atoms with Gasteiger partial charge in [-0.15, -0.1) is 0 Å². The van der Waals surface area contributed by atoms with E-state index in [2.05, 4.69) is 188 Å². The van der Waals surface area contributed by atoms with E-state index in [4.69, 9.17) is 15.0 Å². The van der Waals surface area contributed by atoms with Crippen LogP contribution >= 0.6 is 0 Å². The Morgan fingerprint density at radius 2 is 0.944 bits per heavy atom.